The van der Waals surface area contributed by atoms with Gasteiger partial charge in [0, 0.05) is 24.6 Å². The molecule has 1 aliphatic carbocycles. The predicted octanol–water partition coefficient (Wildman–Crippen LogP) is 5.15. The van der Waals surface area contributed by atoms with Gasteiger partial charge in [0.15, 0.2) is 0 Å². The Hall–Kier alpha value is -2.69. The van der Waals surface area contributed by atoms with Gasteiger partial charge in [0.1, 0.15) is 0 Å². The first kappa shape index (κ1) is 19.1. The van der Waals surface area contributed by atoms with Crippen LogP contribution in [0.4, 0.5) is 11.6 Å². The van der Waals surface area contributed by atoms with Gasteiger partial charge in [-0.25, -0.2) is 9.97 Å². The molecule has 2 aromatic rings. The van der Waals surface area contributed by atoms with Crippen LogP contribution in [-0.4, -0.2) is 22.4 Å². The zero-order valence-electron chi connectivity index (χ0n) is 16.2. The highest BCUT2D eigenvalue weighted by molar-refractivity contribution is 6.03. The van der Waals surface area contributed by atoms with Crippen LogP contribution >= 0.6 is 0 Å². The van der Waals surface area contributed by atoms with Crippen molar-refractivity contribution in [2.75, 3.05) is 17.2 Å². The number of carbonyl (C=O) groups excluding carboxylic acids is 1. The third-order valence-corrected chi connectivity index (χ3v) is 4.86. The number of amides is 1. The van der Waals surface area contributed by atoms with E-state index in [0.717, 1.165) is 18.7 Å². The average molecular weight is 364 g/mol. The van der Waals surface area contributed by atoms with Crippen LogP contribution in [-0.2, 0) is 0 Å². The lowest BCUT2D eigenvalue weighted by atomic mass is 9.97. The second kappa shape index (κ2) is 9.31. The number of benzene rings is 1. The van der Waals surface area contributed by atoms with Crippen LogP contribution in [0.2, 0.25) is 0 Å². The van der Waals surface area contributed by atoms with Gasteiger partial charge >= 0.3 is 0 Å². The van der Waals surface area contributed by atoms with Crippen molar-refractivity contribution in [2.24, 2.45) is 0 Å². The van der Waals surface area contributed by atoms with Gasteiger partial charge in [0.05, 0.1) is 5.56 Å². The summed E-state index contributed by atoms with van der Waals surface area (Å²) >= 11 is 0. The van der Waals surface area contributed by atoms with Gasteiger partial charge in [-0.15, -0.1) is 0 Å². The standard InChI is InChI=1S/C22H28N4O/c1-16(2)18-8-10-20(11-9-18)26-21(27)19-14-24-22(25-15-19)23-13-12-17-6-4-3-5-7-17/h6,8-11,14-16H,3-5,7,12-13H2,1-2H3,(H,26,27)(H,23,24,25). The summed E-state index contributed by atoms with van der Waals surface area (Å²) in [6, 6.07) is 7.91. The van der Waals surface area contributed by atoms with Gasteiger partial charge in [-0.2, -0.15) is 0 Å². The maximum absolute atomic E-state index is 12.3. The van der Waals surface area contributed by atoms with E-state index < -0.39 is 0 Å². The summed E-state index contributed by atoms with van der Waals surface area (Å²) in [6.07, 6.45) is 11.5. The van der Waals surface area contributed by atoms with Gasteiger partial charge in [-0.3, -0.25) is 4.79 Å². The highest BCUT2D eigenvalue weighted by atomic mass is 16.1. The molecule has 1 amide bonds. The third-order valence-electron chi connectivity index (χ3n) is 4.86. The number of hydrogen-bond donors (Lipinski definition) is 2. The number of rotatable bonds is 7. The molecule has 0 saturated heterocycles. The van der Waals surface area contributed by atoms with E-state index in [0.29, 0.717) is 17.4 Å². The van der Waals surface area contributed by atoms with Crippen LogP contribution in [0.3, 0.4) is 0 Å². The Labute approximate surface area is 161 Å². The fraction of sp³-hybridized carbons (Fsp3) is 0.409. The number of hydrogen-bond acceptors (Lipinski definition) is 4. The minimum atomic E-state index is -0.203. The second-order valence-corrected chi connectivity index (χ2v) is 7.31. The third kappa shape index (κ3) is 5.64. The van der Waals surface area contributed by atoms with E-state index in [-0.39, 0.29) is 5.91 Å². The molecule has 1 aromatic carbocycles. The van der Waals surface area contributed by atoms with E-state index in [9.17, 15) is 4.79 Å². The molecule has 0 spiro atoms. The van der Waals surface area contributed by atoms with Crippen molar-refractivity contribution in [3.63, 3.8) is 0 Å². The SMILES string of the molecule is CC(C)c1ccc(NC(=O)c2cnc(NCCC3=CCCCC3)nc2)cc1. The Morgan fingerprint density at radius 2 is 1.85 bits per heavy atom. The number of allylic oxidation sites excluding steroid dienone is 1. The molecule has 1 heterocycles. The predicted molar refractivity (Wildman–Crippen MR) is 110 cm³/mol. The lowest BCUT2D eigenvalue weighted by molar-refractivity contribution is 0.102. The molecule has 5 nitrogen and oxygen atoms in total. The van der Waals surface area contributed by atoms with Gasteiger partial charge in [-0.05, 0) is 55.7 Å². The highest BCUT2D eigenvalue weighted by Crippen LogP contribution is 2.20. The Balaban J connectivity index is 1.50. The van der Waals surface area contributed by atoms with Gasteiger partial charge in [-0.1, -0.05) is 37.6 Å². The van der Waals surface area contributed by atoms with Crippen LogP contribution in [0.15, 0.2) is 48.3 Å². The summed E-state index contributed by atoms with van der Waals surface area (Å²) in [5.74, 6) is 0.827. The number of nitrogens with one attached hydrogen (secondary N) is 2. The number of nitrogens with zero attached hydrogens (tertiary/aromatic N) is 2. The van der Waals surface area contributed by atoms with Gasteiger partial charge in [0.25, 0.3) is 5.91 Å². The molecule has 0 bridgehead atoms. The molecule has 1 aromatic heterocycles. The lowest BCUT2D eigenvalue weighted by Crippen LogP contribution is -2.14. The van der Waals surface area contributed by atoms with E-state index in [1.807, 2.05) is 24.3 Å². The maximum Gasteiger partial charge on any atom is 0.258 e. The summed E-state index contributed by atoms with van der Waals surface area (Å²) in [5.41, 5.74) is 3.99. The van der Waals surface area contributed by atoms with E-state index in [2.05, 4.69) is 40.5 Å². The van der Waals surface area contributed by atoms with Crippen molar-refractivity contribution >= 4 is 17.5 Å². The molecule has 0 radical (unpaired) electrons. The molecule has 0 saturated carbocycles. The van der Waals surface area contributed by atoms with E-state index in [1.165, 1.54) is 36.8 Å². The molecule has 142 valence electrons. The van der Waals surface area contributed by atoms with Crippen LogP contribution < -0.4 is 10.6 Å². The minimum absolute atomic E-state index is 0.203. The van der Waals surface area contributed by atoms with Crippen LogP contribution in [0.25, 0.3) is 0 Å². The summed E-state index contributed by atoms with van der Waals surface area (Å²) in [7, 11) is 0. The minimum Gasteiger partial charge on any atom is -0.354 e. The normalized spacial score (nSPS) is 14.0. The molecular formula is C22H28N4O. The molecular weight excluding hydrogens is 336 g/mol. The Bertz CT molecular complexity index is 779. The average Bonchev–Trinajstić information content (AvgIpc) is 2.70. The molecule has 2 N–H and O–H groups in total. The Morgan fingerprint density at radius 1 is 1.11 bits per heavy atom. The van der Waals surface area contributed by atoms with Gasteiger partial charge < -0.3 is 10.6 Å². The molecule has 0 unspecified atom stereocenters. The molecule has 5 heteroatoms. The fourth-order valence-corrected chi connectivity index (χ4v) is 3.16. The summed E-state index contributed by atoms with van der Waals surface area (Å²) in [4.78, 5) is 20.9. The van der Waals surface area contributed by atoms with Crippen molar-refractivity contribution in [1.82, 2.24) is 9.97 Å². The molecule has 1 aliphatic rings. The zero-order valence-corrected chi connectivity index (χ0v) is 16.2. The topological polar surface area (TPSA) is 66.9 Å². The first-order valence-electron chi connectivity index (χ1n) is 9.77. The van der Waals surface area contributed by atoms with Crippen LogP contribution in [0.5, 0.6) is 0 Å². The number of anilines is 2. The van der Waals surface area contributed by atoms with E-state index >= 15 is 0 Å². The van der Waals surface area contributed by atoms with E-state index in [1.54, 1.807) is 12.4 Å². The lowest BCUT2D eigenvalue weighted by Gasteiger charge is -2.13. The molecule has 0 aliphatic heterocycles. The largest absolute Gasteiger partial charge is 0.354 e. The zero-order chi connectivity index (χ0) is 19.1. The van der Waals surface area contributed by atoms with Gasteiger partial charge in [0.2, 0.25) is 5.95 Å². The van der Waals surface area contributed by atoms with E-state index in [4.69, 9.17) is 0 Å². The maximum atomic E-state index is 12.3. The number of aromatic nitrogens is 2. The first-order valence-corrected chi connectivity index (χ1v) is 9.77. The second-order valence-electron chi connectivity index (χ2n) is 7.31. The fourth-order valence-electron chi connectivity index (χ4n) is 3.16. The first-order chi connectivity index (χ1) is 13.1. The molecule has 0 fully saturated rings. The molecule has 3 rings (SSSR count). The highest BCUT2D eigenvalue weighted by Gasteiger charge is 2.09. The van der Waals surface area contributed by atoms with Crippen molar-refractivity contribution < 1.29 is 4.79 Å². The van der Waals surface area contributed by atoms with Crippen molar-refractivity contribution in [1.29, 1.82) is 0 Å². The monoisotopic (exact) mass is 364 g/mol. The van der Waals surface area contributed by atoms with Crippen LogP contribution in [0.1, 0.15) is 67.8 Å². The smallest absolute Gasteiger partial charge is 0.258 e. The van der Waals surface area contributed by atoms with Crippen molar-refractivity contribution in [2.45, 2.75) is 51.9 Å². The Kier molecular flexibility index (Phi) is 6.58. The summed E-state index contributed by atoms with van der Waals surface area (Å²) in [5, 5.41) is 6.11. The Morgan fingerprint density at radius 3 is 2.48 bits per heavy atom. The summed E-state index contributed by atoms with van der Waals surface area (Å²) < 4.78 is 0. The quantitative estimate of drug-likeness (QED) is 0.666. The molecule has 0 atom stereocenters. The van der Waals surface area contributed by atoms with Crippen LogP contribution in [0, 0.1) is 0 Å². The molecule has 27 heavy (non-hydrogen) atoms. The van der Waals surface area contributed by atoms with Crippen molar-refractivity contribution in [3.8, 4) is 0 Å². The number of carbonyl (C=O) groups is 1. The summed E-state index contributed by atoms with van der Waals surface area (Å²) in [6.45, 7) is 5.11. The van der Waals surface area contributed by atoms with Crippen molar-refractivity contribution in [3.05, 3.63) is 59.4 Å².